The molecule has 0 bridgehead atoms. The number of likely N-dealkylation sites (N-methyl/N-ethyl adjacent to an activating group) is 1. The summed E-state index contributed by atoms with van der Waals surface area (Å²) in [5.41, 5.74) is 0. The van der Waals surface area contributed by atoms with Gasteiger partial charge in [0.05, 0.1) is 6.04 Å². The number of terminal acetylenes is 1. The average Bonchev–Trinajstić information content (AvgIpc) is 2.67. The molecule has 2 atom stereocenters. The van der Waals surface area contributed by atoms with E-state index in [-0.39, 0.29) is 18.1 Å². The summed E-state index contributed by atoms with van der Waals surface area (Å²) >= 11 is 0. The fraction of sp³-hybridized carbons (Fsp3) is 0.700. The zero-order valence-corrected chi connectivity index (χ0v) is 8.12. The Bertz CT molecular complexity index is 226. The molecule has 3 nitrogen and oxygen atoms in total. The molecule has 1 unspecified atom stereocenters. The van der Waals surface area contributed by atoms with Gasteiger partial charge in [0.1, 0.15) is 6.10 Å². The van der Waals surface area contributed by atoms with Crippen LogP contribution in [-0.4, -0.2) is 36.6 Å². The molecule has 0 aromatic heterocycles. The maximum Gasteiger partial charge on any atom is 0.252 e. The molecule has 1 heterocycles. The van der Waals surface area contributed by atoms with Crippen LogP contribution in [-0.2, 0) is 9.53 Å². The zero-order chi connectivity index (χ0) is 9.84. The molecule has 72 valence electrons. The summed E-state index contributed by atoms with van der Waals surface area (Å²) in [5, 5.41) is 0. The third kappa shape index (κ3) is 2.22. The fourth-order valence-electron chi connectivity index (χ4n) is 1.30. The first kappa shape index (κ1) is 10.1. The number of hydrogen-bond donors (Lipinski definition) is 0. The first-order valence-electron chi connectivity index (χ1n) is 4.51. The van der Waals surface area contributed by atoms with Crippen LogP contribution < -0.4 is 0 Å². The van der Waals surface area contributed by atoms with Crippen LogP contribution in [0.15, 0.2) is 0 Å². The van der Waals surface area contributed by atoms with Crippen LogP contribution in [0.5, 0.6) is 0 Å². The topological polar surface area (TPSA) is 29.5 Å². The van der Waals surface area contributed by atoms with Crippen molar-refractivity contribution < 1.29 is 9.53 Å². The molecule has 0 N–H and O–H groups in total. The lowest BCUT2D eigenvalue weighted by molar-refractivity contribution is -0.140. The van der Waals surface area contributed by atoms with E-state index in [0.29, 0.717) is 6.61 Å². The van der Waals surface area contributed by atoms with Crippen molar-refractivity contribution in [3.63, 3.8) is 0 Å². The second-order valence-electron chi connectivity index (χ2n) is 3.29. The first-order valence-corrected chi connectivity index (χ1v) is 4.51. The van der Waals surface area contributed by atoms with Crippen LogP contribution in [0.2, 0.25) is 0 Å². The van der Waals surface area contributed by atoms with Gasteiger partial charge < -0.3 is 9.64 Å². The van der Waals surface area contributed by atoms with Crippen LogP contribution in [0.1, 0.15) is 19.8 Å². The van der Waals surface area contributed by atoms with Crippen molar-refractivity contribution in [1.82, 2.24) is 4.90 Å². The Labute approximate surface area is 79.1 Å². The maximum atomic E-state index is 11.7. The summed E-state index contributed by atoms with van der Waals surface area (Å²) in [7, 11) is 1.72. The molecule has 13 heavy (non-hydrogen) atoms. The van der Waals surface area contributed by atoms with Crippen LogP contribution >= 0.6 is 0 Å². The molecule has 0 aromatic carbocycles. The quantitative estimate of drug-likeness (QED) is 0.585. The second kappa shape index (κ2) is 4.29. The van der Waals surface area contributed by atoms with Gasteiger partial charge in [0.2, 0.25) is 0 Å². The number of hydrogen-bond acceptors (Lipinski definition) is 2. The van der Waals surface area contributed by atoms with Crippen molar-refractivity contribution in [2.75, 3.05) is 13.7 Å². The van der Waals surface area contributed by atoms with Crippen LogP contribution in [0.4, 0.5) is 0 Å². The Morgan fingerprint density at radius 3 is 2.92 bits per heavy atom. The van der Waals surface area contributed by atoms with Gasteiger partial charge in [-0.3, -0.25) is 4.79 Å². The number of amides is 1. The second-order valence-corrected chi connectivity index (χ2v) is 3.29. The molecule has 0 aromatic rings. The zero-order valence-electron chi connectivity index (χ0n) is 8.12. The molecule has 1 fully saturated rings. The van der Waals surface area contributed by atoms with E-state index in [1.54, 1.807) is 11.9 Å². The highest BCUT2D eigenvalue weighted by Crippen LogP contribution is 2.14. The van der Waals surface area contributed by atoms with Crippen molar-refractivity contribution in [1.29, 1.82) is 0 Å². The van der Waals surface area contributed by atoms with Gasteiger partial charge in [-0.1, -0.05) is 5.92 Å². The molecule has 3 heteroatoms. The maximum absolute atomic E-state index is 11.7. The number of nitrogens with zero attached hydrogens (tertiary/aromatic N) is 1. The molecule has 0 aliphatic carbocycles. The molecule has 1 amide bonds. The normalized spacial score (nSPS) is 23.6. The Morgan fingerprint density at radius 1 is 1.77 bits per heavy atom. The van der Waals surface area contributed by atoms with Crippen molar-refractivity contribution in [2.24, 2.45) is 0 Å². The molecule has 0 spiro atoms. The van der Waals surface area contributed by atoms with Crippen LogP contribution in [0, 0.1) is 12.3 Å². The minimum absolute atomic E-state index is 0.00273. The van der Waals surface area contributed by atoms with E-state index in [4.69, 9.17) is 11.2 Å². The lowest BCUT2D eigenvalue weighted by Crippen LogP contribution is -2.40. The predicted octanol–water partition coefficient (Wildman–Crippen LogP) is 0.646. The van der Waals surface area contributed by atoms with Gasteiger partial charge in [-0.05, 0) is 19.8 Å². The van der Waals surface area contributed by atoms with E-state index < -0.39 is 0 Å². The summed E-state index contributed by atoms with van der Waals surface area (Å²) in [4.78, 5) is 13.2. The van der Waals surface area contributed by atoms with E-state index in [1.807, 2.05) is 6.92 Å². The minimum atomic E-state index is -0.263. The van der Waals surface area contributed by atoms with Crippen LogP contribution in [0.25, 0.3) is 0 Å². The number of ether oxygens (including phenoxy) is 1. The number of carbonyl (C=O) groups excluding carboxylic acids is 1. The van der Waals surface area contributed by atoms with E-state index in [0.717, 1.165) is 12.8 Å². The molecular formula is C10H15NO2. The third-order valence-electron chi connectivity index (χ3n) is 2.37. The highest BCUT2D eigenvalue weighted by atomic mass is 16.5. The summed E-state index contributed by atoms with van der Waals surface area (Å²) in [6.45, 7) is 2.52. The highest BCUT2D eigenvalue weighted by Gasteiger charge is 2.27. The van der Waals surface area contributed by atoms with Gasteiger partial charge in [-0.2, -0.15) is 0 Å². The van der Waals surface area contributed by atoms with Crippen LogP contribution in [0.3, 0.4) is 0 Å². The van der Waals surface area contributed by atoms with Gasteiger partial charge in [-0.15, -0.1) is 6.42 Å². The summed E-state index contributed by atoms with van der Waals surface area (Å²) < 4.78 is 5.27. The number of carbonyl (C=O) groups is 1. The van der Waals surface area contributed by atoms with Gasteiger partial charge in [-0.25, -0.2) is 0 Å². The van der Waals surface area contributed by atoms with Gasteiger partial charge in [0.15, 0.2) is 0 Å². The molecule has 0 radical (unpaired) electrons. The van der Waals surface area contributed by atoms with Gasteiger partial charge >= 0.3 is 0 Å². The lowest BCUT2D eigenvalue weighted by atomic mass is 10.2. The van der Waals surface area contributed by atoms with Crippen molar-refractivity contribution in [2.45, 2.75) is 31.9 Å². The van der Waals surface area contributed by atoms with E-state index in [1.165, 1.54) is 0 Å². The predicted molar refractivity (Wildman–Crippen MR) is 50.0 cm³/mol. The fourth-order valence-corrected chi connectivity index (χ4v) is 1.30. The Hall–Kier alpha value is -1.01. The summed E-state index contributed by atoms with van der Waals surface area (Å²) in [6, 6.07) is -0.156. The monoisotopic (exact) mass is 181 g/mol. The highest BCUT2D eigenvalue weighted by molar-refractivity contribution is 5.81. The SMILES string of the molecule is C#CC(C)N(C)C(=O)[C@@H]1CCCO1. The average molecular weight is 181 g/mol. The Kier molecular flexibility index (Phi) is 3.32. The lowest BCUT2D eigenvalue weighted by Gasteiger charge is -2.23. The van der Waals surface area contributed by atoms with E-state index in [2.05, 4.69) is 5.92 Å². The molecule has 1 saturated heterocycles. The molecule has 1 rings (SSSR count). The third-order valence-corrected chi connectivity index (χ3v) is 2.37. The van der Waals surface area contributed by atoms with Crippen molar-refractivity contribution in [3.8, 4) is 12.3 Å². The smallest absolute Gasteiger partial charge is 0.252 e. The van der Waals surface area contributed by atoms with Gasteiger partial charge in [0, 0.05) is 13.7 Å². The standard InChI is InChI=1S/C10H15NO2/c1-4-8(2)11(3)10(12)9-6-5-7-13-9/h1,8-9H,5-7H2,2-3H3/t8?,9-/m0/s1. The Morgan fingerprint density at radius 2 is 2.46 bits per heavy atom. The summed E-state index contributed by atoms with van der Waals surface area (Å²) in [5.74, 6) is 2.52. The van der Waals surface area contributed by atoms with E-state index >= 15 is 0 Å². The molecule has 0 saturated carbocycles. The largest absolute Gasteiger partial charge is 0.368 e. The molecule has 1 aliphatic heterocycles. The summed E-state index contributed by atoms with van der Waals surface area (Å²) in [6.07, 6.45) is 6.75. The minimum Gasteiger partial charge on any atom is -0.368 e. The van der Waals surface area contributed by atoms with Crippen molar-refractivity contribution in [3.05, 3.63) is 0 Å². The van der Waals surface area contributed by atoms with E-state index in [9.17, 15) is 4.79 Å². The molecule has 1 aliphatic rings. The van der Waals surface area contributed by atoms with Crippen molar-refractivity contribution >= 4 is 5.91 Å². The number of rotatable bonds is 2. The molecular weight excluding hydrogens is 166 g/mol. The first-order chi connectivity index (χ1) is 6.16. The van der Waals surface area contributed by atoms with Gasteiger partial charge in [0.25, 0.3) is 5.91 Å². The Balaban J connectivity index is 2.51.